The smallest absolute Gasteiger partial charge is 0.264 e. The van der Waals surface area contributed by atoms with Gasteiger partial charge < -0.3 is 9.30 Å². The first-order chi connectivity index (χ1) is 9.45. The quantitative estimate of drug-likeness (QED) is 0.881. The van der Waals surface area contributed by atoms with Gasteiger partial charge in [0.25, 0.3) is 12.0 Å². The minimum atomic E-state index is -2.76. The van der Waals surface area contributed by atoms with Crippen LogP contribution in [0.4, 0.5) is 8.78 Å². The molecule has 2 aromatic rings. The molecule has 0 unspecified atom stereocenters. The number of aromatic amines is 1. The number of aryl methyl sites for hydroxylation is 1. The number of ether oxygens (including phenoxy) is 1. The first-order valence-corrected chi connectivity index (χ1v) is 6.28. The van der Waals surface area contributed by atoms with Crippen molar-refractivity contribution in [2.75, 3.05) is 13.7 Å². The molecule has 0 radical (unpaired) electrons. The number of hydrogen-bond acceptors (Lipinski definition) is 4. The van der Waals surface area contributed by atoms with E-state index in [4.69, 9.17) is 17.0 Å². The van der Waals surface area contributed by atoms with E-state index in [2.05, 4.69) is 9.97 Å². The van der Waals surface area contributed by atoms with Gasteiger partial charge in [-0.1, -0.05) is 0 Å². The zero-order valence-electron chi connectivity index (χ0n) is 10.9. The lowest BCUT2D eigenvalue weighted by molar-refractivity contribution is 0.153. The molecule has 0 amide bonds. The lowest BCUT2D eigenvalue weighted by Crippen LogP contribution is -2.19. The molecule has 20 heavy (non-hydrogen) atoms. The molecule has 0 fully saturated rings. The van der Waals surface area contributed by atoms with Gasteiger partial charge in [0.15, 0.2) is 4.77 Å². The second-order valence-corrected chi connectivity index (χ2v) is 4.64. The van der Waals surface area contributed by atoms with E-state index in [1.54, 1.807) is 6.92 Å². The average Bonchev–Trinajstić information content (AvgIpc) is 2.37. The number of halogens is 2. The van der Waals surface area contributed by atoms with Gasteiger partial charge in [-0.25, -0.2) is 13.8 Å². The van der Waals surface area contributed by atoms with Crippen LogP contribution in [0, 0.1) is 11.7 Å². The van der Waals surface area contributed by atoms with E-state index in [-0.39, 0.29) is 21.4 Å². The van der Waals surface area contributed by atoms with Gasteiger partial charge in [0.1, 0.15) is 5.65 Å². The number of aromatic nitrogens is 3. The SMILES string of the molecule is COCCn1c(=S)[nH]c(=O)c2c(C(F)F)cc(C)nc21. The Labute approximate surface area is 118 Å². The zero-order chi connectivity index (χ0) is 14.9. The Morgan fingerprint density at radius 1 is 1.55 bits per heavy atom. The molecule has 0 aromatic carbocycles. The van der Waals surface area contributed by atoms with Crippen LogP contribution in [0.5, 0.6) is 0 Å². The molecule has 0 atom stereocenters. The highest BCUT2D eigenvalue weighted by Gasteiger charge is 2.18. The zero-order valence-corrected chi connectivity index (χ0v) is 11.8. The summed E-state index contributed by atoms with van der Waals surface area (Å²) in [7, 11) is 1.51. The predicted octanol–water partition coefficient (Wildman–Crippen LogP) is 2.35. The van der Waals surface area contributed by atoms with Crippen molar-refractivity contribution in [2.24, 2.45) is 0 Å². The summed E-state index contributed by atoms with van der Waals surface area (Å²) in [6.07, 6.45) is -2.76. The molecule has 0 spiro atoms. The van der Waals surface area contributed by atoms with Crippen molar-refractivity contribution < 1.29 is 13.5 Å². The van der Waals surface area contributed by atoms with Gasteiger partial charge in [-0.2, -0.15) is 0 Å². The second-order valence-electron chi connectivity index (χ2n) is 4.26. The Kier molecular flexibility index (Phi) is 4.24. The van der Waals surface area contributed by atoms with Crippen LogP contribution in [0.25, 0.3) is 11.0 Å². The maximum Gasteiger partial charge on any atom is 0.264 e. The van der Waals surface area contributed by atoms with Crippen LogP contribution in [0.15, 0.2) is 10.9 Å². The molecular weight excluding hydrogens is 288 g/mol. The van der Waals surface area contributed by atoms with E-state index in [9.17, 15) is 13.6 Å². The van der Waals surface area contributed by atoms with Crippen molar-refractivity contribution >= 4 is 23.3 Å². The molecule has 0 saturated heterocycles. The van der Waals surface area contributed by atoms with E-state index in [1.165, 1.54) is 17.7 Å². The van der Waals surface area contributed by atoms with Gasteiger partial charge in [-0.3, -0.25) is 9.78 Å². The number of nitrogens with zero attached hydrogens (tertiary/aromatic N) is 2. The number of alkyl halides is 2. The summed E-state index contributed by atoms with van der Waals surface area (Å²) in [6, 6.07) is 1.21. The van der Waals surface area contributed by atoms with Gasteiger partial charge in [-0.05, 0) is 25.2 Å². The predicted molar refractivity (Wildman–Crippen MR) is 72.8 cm³/mol. The van der Waals surface area contributed by atoms with Crippen molar-refractivity contribution in [1.82, 2.24) is 14.5 Å². The largest absolute Gasteiger partial charge is 0.383 e. The van der Waals surface area contributed by atoms with E-state index in [0.29, 0.717) is 18.8 Å². The standard InChI is InChI=1S/C12H13F2N3O2S/c1-6-5-7(9(13)14)8-10(15-6)17(3-4-19-2)12(20)16-11(8)18/h5,9H,3-4H2,1-2H3,(H,16,18,20). The lowest BCUT2D eigenvalue weighted by atomic mass is 10.1. The summed E-state index contributed by atoms with van der Waals surface area (Å²) >= 11 is 5.06. The van der Waals surface area contributed by atoms with Crippen LogP contribution in [0.1, 0.15) is 17.7 Å². The van der Waals surface area contributed by atoms with Gasteiger partial charge >= 0.3 is 0 Å². The molecule has 108 valence electrons. The number of hydrogen-bond donors (Lipinski definition) is 1. The molecule has 2 rings (SSSR count). The van der Waals surface area contributed by atoms with E-state index < -0.39 is 12.0 Å². The van der Waals surface area contributed by atoms with E-state index in [1.807, 2.05) is 0 Å². The molecule has 0 saturated carbocycles. The maximum absolute atomic E-state index is 13.1. The van der Waals surface area contributed by atoms with Gasteiger partial charge in [0.2, 0.25) is 0 Å². The van der Waals surface area contributed by atoms with Crippen LogP contribution in [-0.4, -0.2) is 28.3 Å². The Balaban J connectivity index is 2.88. The van der Waals surface area contributed by atoms with Gasteiger partial charge in [0, 0.05) is 18.4 Å². The molecular formula is C12H13F2N3O2S. The number of pyridine rings is 1. The lowest BCUT2D eigenvalue weighted by Gasteiger charge is -2.12. The molecule has 2 aromatic heterocycles. The average molecular weight is 301 g/mol. The topological polar surface area (TPSA) is 59.9 Å². The number of H-pyrrole nitrogens is 1. The summed E-state index contributed by atoms with van der Waals surface area (Å²) < 4.78 is 32.8. The third-order valence-corrected chi connectivity index (χ3v) is 3.18. The molecule has 5 nitrogen and oxygen atoms in total. The number of fused-ring (bicyclic) bond motifs is 1. The van der Waals surface area contributed by atoms with Crippen LogP contribution >= 0.6 is 12.2 Å². The van der Waals surface area contributed by atoms with Crippen LogP contribution in [0.2, 0.25) is 0 Å². The molecule has 2 heterocycles. The van der Waals surface area contributed by atoms with Crippen LogP contribution in [0.3, 0.4) is 0 Å². The van der Waals surface area contributed by atoms with Crippen molar-refractivity contribution in [2.45, 2.75) is 19.9 Å². The van der Waals surface area contributed by atoms with Crippen molar-refractivity contribution in [3.63, 3.8) is 0 Å². The summed E-state index contributed by atoms with van der Waals surface area (Å²) in [5.41, 5.74) is -0.429. The highest BCUT2D eigenvalue weighted by molar-refractivity contribution is 7.71. The van der Waals surface area contributed by atoms with Crippen molar-refractivity contribution in [3.05, 3.63) is 32.4 Å². The molecule has 0 bridgehead atoms. The highest BCUT2D eigenvalue weighted by atomic mass is 32.1. The van der Waals surface area contributed by atoms with E-state index >= 15 is 0 Å². The first-order valence-electron chi connectivity index (χ1n) is 5.87. The first kappa shape index (κ1) is 14.7. The summed E-state index contributed by atoms with van der Waals surface area (Å²) in [6.45, 7) is 2.24. The molecule has 1 N–H and O–H groups in total. The fourth-order valence-electron chi connectivity index (χ4n) is 1.99. The fraction of sp³-hybridized carbons (Fsp3) is 0.417. The Hall–Kier alpha value is -1.67. The second kappa shape index (κ2) is 5.76. The van der Waals surface area contributed by atoms with Crippen molar-refractivity contribution in [1.29, 1.82) is 0 Å². The summed E-state index contributed by atoms with van der Waals surface area (Å²) in [5, 5.41) is -0.129. The minimum Gasteiger partial charge on any atom is -0.383 e. The van der Waals surface area contributed by atoms with Gasteiger partial charge in [0.05, 0.1) is 18.5 Å². The third-order valence-electron chi connectivity index (χ3n) is 2.86. The molecule has 0 aliphatic carbocycles. The maximum atomic E-state index is 13.1. The Morgan fingerprint density at radius 2 is 2.25 bits per heavy atom. The normalized spacial score (nSPS) is 11.4. The fourth-order valence-corrected chi connectivity index (χ4v) is 2.27. The Morgan fingerprint density at radius 3 is 2.85 bits per heavy atom. The van der Waals surface area contributed by atoms with Crippen LogP contribution in [-0.2, 0) is 11.3 Å². The summed E-state index contributed by atoms with van der Waals surface area (Å²) in [4.78, 5) is 18.5. The van der Waals surface area contributed by atoms with Gasteiger partial charge in [-0.15, -0.1) is 0 Å². The van der Waals surface area contributed by atoms with Crippen molar-refractivity contribution in [3.8, 4) is 0 Å². The molecule has 0 aliphatic heterocycles. The van der Waals surface area contributed by atoms with E-state index in [0.717, 1.165) is 0 Å². The monoisotopic (exact) mass is 301 g/mol. The number of rotatable bonds is 4. The molecule has 8 heteroatoms. The number of nitrogens with one attached hydrogen (secondary N) is 1. The molecule has 0 aliphatic rings. The third kappa shape index (κ3) is 2.61. The van der Waals surface area contributed by atoms with Crippen LogP contribution < -0.4 is 5.56 Å². The number of methoxy groups -OCH3 is 1. The highest BCUT2D eigenvalue weighted by Crippen LogP contribution is 2.25. The minimum absolute atomic E-state index is 0.129. The Bertz CT molecular complexity index is 755. The summed E-state index contributed by atoms with van der Waals surface area (Å²) in [5.74, 6) is 0.